The number of rotatable bonds is 8. The minimum atomic E-state index is -0.571. The standard InChI is InChI=1S/C26H31N3O3S2/c1-15(2)24(23-11-16(3)28-32-23)26(33)29-13-20(30)12-21(29)22(31)10-7-18-5-8-19(9-6-18)25-17(4)27-14-34-25/h5-6,8-9,11,14-15,20-21,24,30H,7,10,12-13H2,1-4H3/t20-,21+,24?/m1/s1. The largest absolute Gasteiger partial charge is 0.391 e. The smallest absolute Gasteiger partial charge is 0.155 e. The molecule has 8 heteroatoms. The summed E-state index contributed by atoms with van der Waals surface area (Å²) >= 11 is 7.50. The molecule has 0 spiro atoms. The van der Waals surface area contributed by atoms with Crippen LogP contribution in [-0.2, 0) is 11.2 Å². The summed E-state index contributed by atoms with van der Waals surface area (Å²) in [5, 5.41) is 14.4. The number of aryl methyl sites for hydroxylation is 3. The third-order valence-electron chi connectivity index (χ3n) is 6.44. The van der Waals surface area contributed by atoms with Crippen LogP contribution >= 0.6 is 23.6 Å². The van der Waals surface area contributed by atoms with Gasteiger partial charge in [-0.05, 0) is 37.3 Å². The van der Waals surface area contributed by atoms with Gasteiger partial charge < -0.3 is 14.5 Å². The van der Waals surface area contributed by atoms with Gasteiger partial charge in [-0.1, -0.05) is 55.5 Å². The Bertz CT molecular complexity index is 1150. The topological polar surface area (TPSA) is 79.5 Å². The molecule has 3 heterocycles. The molecule has 1 aliphatic heterocycles. The number of likely N-dealkylation sites (tertiary alicyclic amines) is 1. The van der Waals surface area contributed by atoms with Crippen molar-refractivity contribution in [3.05, 3.63) is 58.6 Å². The average molecular weight is 498 g/mol. The van der Waals surface area contributed by atoms with E-state index in [0.717, 1.165) is 22.5 Å². The van der Waals surface area contributed by atoms with Gasteiger partial charge in [0.1, 0.15) is 5.76 Å². The summed E-state index contributed by atoms with van der Waals surface area (Å²) in [7, 11) is 0. The molecule has 0 saturated carbocycles. The maximum absolute atomic E-state index is 13.3. The quantitative estimate of drug-likeness (QED) is 0.433. The molecule has 0 radical (unpaired) electrons. The number of thiocarbonyl (C=S) groups is 1. The zero-order valence-corrected chi connectivity index (χ0v) is 21.7. The lowest BCUT2D eigenvalue weighted by molar-refractivity contribution is -0.122. The number of nitrogens with zero attached hydrogens (tertiary/aromatic N) is 3. The first-order valence-corrected chi connectivity index (χ1v) is 13.0. The van der Waals surface area contributed by atoms with E-state index in [1.165, 1.54) is 4.88 Å². The molecule has 34 heavy (non-hydrogen) atoms. The van der Waals surface area contributed by atoms with Crippen molar-refractivity contribution in [2.24, 2.45) is 5.92 Å². The van der Waals surface area contributed by atoms with Gasteiger partial charge in [0.2, 0.25) is 0 Å². The van der Waals surface area contributed by atoms with E-state index in [1.807, 2.05) is 30.3 Å². The van der Waals surface area contributed by atoms with Crippen molar-refractivity contribution < 1.29 is 14.4 Å². The van der Waals surface area contributed by atoms with Crippen LogP contribution in [0.3, 0.4) is 0 Å². The van der Waals surface area contributed by atoms with Gasteiger partial charge >= 0.3 is 0 Å². The molecule has 180 valence electrons. The van der Waals surface area contributed by atoms with Crippen LogP contribution in [0.4, 0.5) is 0 Å². The molecule has 3 atom stereocenters. The van der Waals surface area contributed by atoms with Crippen LogP contribution in [0.5, 0.6) is 0 Å². The van der Waals surface area contributed by atoms with Crippen molar-refractivity contribution in [3.8, 4) is 10.4 Å². The van der Waals surface area contributed by atoms with Crippen LogP contribution in [0.2, 0.25) is 0 Å². The van der Waals surface area contributed by atoms with Gasteiger partial charge in [0.25, 0.3) is 0 Å². The fourth-order valence-corrected chi connectivity index (χ4v) is 6.04. The number of hydrogen-bond acceptors (Lipinski definition) is 7. The second-order valence-electron chi connectivity index (χ2n) is 9.42. The fraction of sp³-hybridized carbons (Fsp3) is 0.462. The van der Waals surface area contributed by atoms with E-state index < -0.39 is 12.1 Å². The summed E-state index contributed by atoms with van der Waals surface area (Å²) in [6.07, 6.45) is 0.896. The SMILES string of the molecule is Cc1cc(C(C(=S)N2C[C@H](O)C[C@H]2C(=O)CCc2ccc(-c3scnc3C)cc2)C(C)C)on1. The number of benzene rings is 1. The van der Waals surface area contributed by atoms with Crippen LogP contribution in [0, 0.1) is 19.8 Å². The molecule has 0 aliphatic carbocycles. The van der Waals surface area contributed by atoms with Gasteiger partial charge in [-0.3, -0.25) is 4.79 Å². The number of β-amino-alcohol motifs (C(OH)–C–C–N with tert-alkyl or cyclic N) is 1. The number of aromatic nitrogens is 2. The Hall–Kier alpha value is -2.42. The number of carbonyl (C=O) groups excluding carboxylic acids is 1. The van der Waals surface area contributed by atoms with Crippen LogP contribution in [-0.4, -0.2) is 49.6 Å². The molecule has 1 fully saturated rings. The summed E-state index contributed by atoms with van der Waals surface area (Å²) in [5.74, 6) is 0.826. The molecule has 1 aliphatic rings. The average Bonchev–Trinajstić information content (AvgIpc) is 3.52. The van der Waals surface area contributed by atoms with Gasteiger partial charge in [0.15, 0.2) is 5.78 Å². The number of hydrogen-bond donors (Lipinski definition) is 1. The Morgan fingerprint density at radius 2 is 2.03 bits per heavy atom. The normalized spacial score (nSPS) is 19.1. The third kappa shape index (κ3) is 5.29. The zero-order valence-electron chi connectivity index (χ0n) is 20.0. The maximum Gasteiger partial charge on any atom is 0.155 e. The van der Waals surface area contributed by atoms with Gasteiger partial charge in [0, 0.05) is 25.5 Å². The van der Waals surface area contributed by atoms with E-state index in [4.69, 9.17) is 16.7 Å². The Labute approximate surface area is 210 Å². The van der Waals surface area contributed by atoms with Crippen molar-refractivity contribution >= 4 is 34.3 Å². The molecule has 0 bridgehead atoms. The maximum atomic E-state index is 13.3. The first-order valence-electron chi connectivity index (χ1n) is 11.7. The molecule has 4 rings (SSSR count). The van der Waals surface area contributed by atoms with Crippen molar-refractivity contribution in [2.45, 2.75) is 65.0 Å². The second-order valence-corrected chi connectivity index (χ2v) is 10.7. The molecule has 6 nitrogen and oxygen atoms in total. The van der Waals surface area contributed by atoms with E-state index in [1.54, 1.807) is 11.3 Å². The van der Waals surface area contributed by atoms with Crippen LogP contribution < -0.4 is 0 Å². The number of Topliss-reactive ketones (excluding diaryl/α,β-unsaturated/α-hetero) is 1. The number of thiazole rings is 1. The van der Waals surface area contributed by atoms with E-state index in [2.05, 4.69) is 48.3 Å². The van der Waals surface area contributed by atoms with Gasteiger partial charge in [-0.15, -0.1) is 11.3 Å². The molecule has 1 aromatic carbocycles. The molecule has 1 saturated heterocycles. The molecule has 0 amide bonds. The Balaban J connectivity index is 1.43. The highest BCUT2D eigenvalue weighted by Crippen LogP contribution is 2.33. The van der Waals surface area contributed by atoms with Crippen molar-refractivity contribution in [2.75, 3.05) is 6.54 Å². The van der Waals surface area contributed by atoms with Crippen molar-refractivity contribution in [3.63, 3.8) is 0 Å². The second kappa shape index (κ2) is 10.5. The molecule has 1 N–H and O–H groups in total. The number of ketones is 1. The first-order chi connectivity index (χ1) is 16.2. The van der Waals surface area contributed by atoms with E-state index in [-0.39, 0.29) is 17.6 Å². The Morgan fingerprint density at radius 3 is 2.62 bits per heavy atom. The highest BCUT2D eigenvalue weighted by molar-refractivity contribution is 7.80. The highest BCUT2D eigenvalue weighted by atomic mass is 32.1. The highest BCUT2D eigenvalue weighted by Gasteiger charge is 2.40. The van der Waals surface area contributed by atoms with E-state index in [9.17, 15) is 9.90 Å². The molecule has 1 unspecified atom stereocenters. The lowest BCUT2D eigenvalue weighted by atomic mass is 9.91. The third-order valence-corrected chi connectivity index (χ3v) is 7.91. The molecular formula is C26H31N3O3S2. The van der Waals surface area contributed by atoms with Crippen molar-refractivity contribution in [1.29, 1.82) is 0 Å². The Morgan fingerprint density at radius 1 is 1.29 bits per heavy atom. The van der Waals surface area contributed by atoms with Gasteiger partial charge in [0.05, 0.1) is 44.8 Å². The lowest BCUT2D eigenvalue weighted by Crippen LogP contribution is -2.43. The number of aliphatic hydroxyl groups excluding tert-OH is 1. The summed E-state index contributed by atoms with van der Waals surface area (Å²) in [6, 6.07) is 9.83. The summed E-state index contributed by atoms with van der Waals surface area (Å²) in [4.78, 5) is 21.3. The van der Waals surface area contributed by atoms with E-state index in [0.29, 0.717) is 36.6 Å². The molecular weight excluding hydrogens is 466 g/mol. The number of aliphatic hydroxyl groups is 1. The summed E-state index contributed by atoms with van der Waals surface area (Å²) < 4.78 is 5.53. The minimum Gasteiger partial charge on any atom is -0.391 e. The monoisotopic (exact) mass is 497 g/mol. The van der Waals surface area contributed by atoms with Crippen molar-refractivity contribution in [1.82, 2.24) is 15.0 Å². The predicted octanol–water partition coefficient (Wildman–Crippen LogP) is 5.12. The Kier molecular flexibility index (Phi) is 7.60. The lowest BCUT2D eigenvalue weighted by Gasteiger charge is -2.31. The summed E-state index contributed by atoms with van der Waals surface area (Å²) in [6.45, 7) is 8.42. The number of carbonyl (C=O) groups is 1. The molecule has 3 aromatic rings. The van der Waals surface area contributed by atoms with E-state index >= 15 is 0 Å². The van der Waals surface area contributed by atoms with Crippen LogP contribution in [0.15, 0.2) is 40.4 Å². The molecule has 2 aromatic heterocycles. The zero-order chi connectivity index (χ0) is 24.4. The summed E-state index contributed by atoms with van der Waals surface area (Å²) in [5.41, 5.74) is 5.95. The minimum absolute atomic E-state index is 0.109. The fourth-order valence-electron chi connectivity index (χ4n) is 4.64. The van der Waals surface area contributed by atoms with Gasteiger partial charge in [-0.25, -0.2) is 4.98 Å². The van der Waals surface area contributed by atoms with Crippen LogP contribution in [0.1, 0.15) is 55.3 Å². The van der Waals surface area contributed by atoms with Gasteiger partial charge in [-0.2, -0.15) is 0 Å². The first kappa shape index (κ1) is 24.7. The van der Waals surface area contributed by atoms with Crippen LogP contribution in [0.25, 0.3) is 10.4 Å². The predicted molar refractivity (Wildman–Crippen MR) is 138 cm³/mol.